The zero-order valence-corrected chi connectivity index (χ0v) is 9.28. The maximum Gasteiger partial charge on any atom is 0.177 e. The van der Waals surface area contributed by atoms with Crippen molar-refractivity contribution >= 4 is 8.69 Å². The summed E-state index contributed by atoms with van der Waals surface area (Å²) in [5, 5.41) is 0. The molecule has 0 rings (SSSR count). The van der Waals surface area contributed by atoms with E-state index >= 15 is 0 Å². The van der Waals surface area contributed by atoms with Gasteiger partial charge in [-0.2, -0.15) is 0 Å². The van der Waals surface area contributed by atoms with Gasteiger partial charge in [0.05, 0.1) is 0 Å². The van der Waals surface area contributed by atoms with Crippen molar-refractivity contribution < 1.29 is 9.46 Å². The monoisotopic (exact) mass is 195 g/mol. The summed E-state index contributed by atoms with van der Waals surface area (Å²) in [6.45, 7) is 5.36. The summed E-state index contributed by atoms with van der Waals surface area (Å²) in [7, 11) is -1.50. The maximum atomic E-state index is 8.57. The quantitative estimate of drug-likeness (QED) is 0.657. The fourth-order valence-electron chi connectivity index (χ4n) is 0.981. The average molecular weight is 195 g/mol. The topological polar surface area (TPSA) is 63.3 Å². The molecule has 0 radical (unpaired) electrons. The van der Waals surface area contributed by atoms with Crippen LogP contribution in [0.5, 0.6) is 0 Å². The van der Waals surface area contributed by atoms with E-state index in [2.05, 4.69) is 13.8 Å². The molecule has 3 nitrogen and oxygen atoms in total. The highest BCUT2D eigenvalue weighted by Crippen LogP contribution is 2.09. The van der Waals surface area contributed by atoms with Crippen molar-refractivity contribution in [2.45, 2.75) is 39.5 Å². The highest BCUT2D eigenvalue weighted by atomic mass is 31.1. The van der Waals surface area contributed by atoms with E-state index in [-0.39, 0.29) is 0 Å². The molecule has 0 aromatic heterocycles. The predicted octanol–water partition coefficient (Wildman–Crippen LogP) is 1.81. The van der Waals surface area contributed by atoms with Crippen molar-refractivity contribution in [3.8, 4) is 0 Å². The van der Waals surface area contributed by atoms with Gasteiger partial charge in [-0.05, 0) is 18.9 Å². The Bertz CT molecular complexity index is 91.1. The Balaban J connectivity index is 0. The molecule has 0 aromatic rings. The molecule has 0 aliphatic heterocycles. The van der Waals surface area contributed by atoms with E-state index in [1.54, 1.807) is 0 Å². The minimum atomic E-state index is -1.50. The van der Waals surface area contributed by atoms with Gasteiger partial charge in [-0.3, -0.25) is 4.57 Å². The molecule has 0 saturated heterocycles. The van der Waals surface area contributed by atoms with Crippen LogP contribution in [0, 0.1) is 5.92 Å². The summed E-state index contributed by atoms with van der Waals surface area (Å²) < 4.78 is 8.57. The lowest BCUT2D eigenvalue weighted by molar-refractivity contribution is 0.478. The molecule has 0 aliphatic rings. The fourth-order valence-corrected chi connectivity index (χ4v) is 0.981. The minimum absolute atomic E-state index is 0.843. The molecule has 2 atom stereocenters. The molecule has 4 heteroatoms. The first kappa shape index (κ1) is 14.7. The lowest BCUT2D eigenvalue weighted by Crippen LogP contribution is -2.05. The van der Waals surface area contributed by atoms with Gasteiger partial charge in [0, 0.05) is 0 Å². The van der Waals surface area contributed by atoms with Gasteiger partial charge in [-0.1, -0.05) is 33.1 Å². The van der Waals surface area contributed by atoms with Crippen LogP contribution in [0.15, 0.2) is 0 Å². The van der Waals surface area contributed by atoms with Crippen LogP contribution < -0.4 is 5.73 Å². The summed E-state index contributed by atoms with van der Waals surface area (Å²) in [5.41, 5.74) is 5.40. The zero-order chi connectivity index (χ0) is 9.82. The first-order chi connectivity index (χ1) is 5.72. The Hall–Kier alpha value is 0.150. The van der Waals surface area contributed by atoms with Gasteiger partial charge in [-0.15, -0.1) is 0 Å². The second kappa shape index (κ2) is 13.7. The molecule has 0 amide bonds. The first-order valence-electron chi connectivity index (χ1n) is 4.50. The average Bonchev–Trinajstić information content (AvgIpc) is 2.03. The summed E-state index contributed by atoms with van der Waals surface area (Å²) in [6, 6.07) is 0. The van der Waals surface area contributed by atoms with Crippen LogP contribution >= 0.6 is 8.69 Å². The molecule has 3 N–H and O–H groups in total. The van der Waals surface area contributed by atoms with Crippen molar-refractivity contribution in [1.29, 1.82) is 0 Å². The second-order valence-corrected chi connectivity index (χ2v) is 3.14. The summed E-state index contributed by atoms with van der Waals surface area (Å²) in [4.78, 5) is 7.10. The zero-order valence-electron chi connectivity index (χ0n) is 8.12. The van der Waals surface area contributed by atoms with Crippen molar-refractivity contribution in [3.63, 3.8) is 0 Å². The first-order valence-corrected chi connectivity index (χ1v) is 5.49. The van der Waals surface area contributed by atoms with Gasteiger partial charge in [-0.25, -0.2) is 0 Å². The van der Waals surface area contributed by atoms with Gasteiger partial charge in [0.2, 0.25) is 0 Å². The van der Waals surface area contributed by atoms with Crippen molar-refractivity contribution in [1.82, 2.24) is 0 Å². The standard InChI is InChI=1S/C8H19N.H3O2P/c1-3-4-5-8(2)6-7-9;1-3-2/h8H,3-7,9H2,1-2H3;3H2,(H,1,2). The third-order valence-corrected chi connectivity index (χ3v) is 1.71. The highest BCUT2D eigenvalue weighted by molar-refractivity contribution is 7.16. The largest absolute Gasteiger partial charge is 0.348 e. The molecular formula is C8H22NO2P. The predicted molar refractivity (Wildman–Crippen MR) is 55.0 cm³/mol. The fraction of sp³-hybridized carbons (Fsp3) is 1.00. The van der Waals surface area contributed by atoms with E-state index < -0.39 is 8.69 Å². The van der Waals surface area contributed by atoms with Crippen LogP contribution in [0.3, 0.4) is 0 Å². The van der Waals surface area contributed by atoms with E-state index in [1.807, 2.05) is 0 Å². The van der Waals surface area contributed by atoms with Gasteiger partial charge in [0.1, 0.15) is 0 Å². The molecule has 0 spiro atoms. The molecule has 0 saturated carbocycles. The van der Waals surface area contributed by atoms with Crippen molar-refractivity contribution in [3.05, 3.63) is 0 Å². The van der Waals surface area contributed by atoms with Gasteiger partial charge >= 0.3 is 0 Å². The summed E-state index contributed by atoms with van der Waals surface area (Å²) >= 11 is 0. The van der Waals surface area contributed by atoms with Gasteiger partial charge < -0.3 is 10.6 Å². The number of hydrogen-bond acceptors (Lipinski definition) is 2. The molecule has 0 bridgehead atoms. The second-order valence-electron chi connectivity index (χ2n) is 2.93. The Kier molecular flexibility index (Phi) is 16.8. The van der Waals surface area contributed by atoms with Crippen LogP contribution in [0.4, 0.5) is 0 Å². The molecular weight excluding hydrogens is 173 g/mol. The molecule has 0 fully saturated rings. The van der Waals surface area contributed by atoms with Crippen LogP contribution in [0.2, 0.25) is 0 Å². The van der Waals surface area contributed by atoms with Crippen LogP contribution in [-0.4, -0.2) is 11.4 Å². The molecule has 0 aromatic carbocycles. The molecule has 12 heavy (non-hydrogen) atoms. The van der Waals surface area contributed by atoms with Gasteiger partial charge in [0.15, 0.2) is 8.69 Å². The maximum absolute atomic E-state index is 8.57. The Morgan fingerprint density at radius 2 is 2.00 bits per heavy atom. The van der Waals surface area contributed by atoms with Crippen LogP contribution in [-0.2, 0) is 4.57 Å². The smallest absolute Gasteiger partial charge is 0.177 e. The number of rotatable bonds is 5. The Labute approximate surface area is 76.6 Å². The SMILES string of the molecule is CCCCC(C)CCN.O=[PH2]O. The minimum Gasteiger partial charge on any atom is -0.348 e. The van der Waals surface area contributed by atoms with Crippen molar-refractivity contribution in [2.75, 3.05) is 6.54 Å². The number of unbranched alkanes of at least 4 members (excludes halogenated alkanes) is 1. The van der Waals surface area contributed by atoms with E-state index in [9.17, 15) is 0 Å². The van der Waals surface area contributed by atoms with E-state index in [0.717, 1.165) is 12.5 Å². The molecule has 0 aliphatic carbocycles. The molecule has 0 heterocycles. The van der Waals surface area contributed by atoms with E-state index in [0.29, 0.717) is 0 Å². The molecule has 76 valence electrons. The Morgan fingerprint density at radius 3 is 2.33 bits per heavy atom. The third kappa shape index (κ3) is 16.6. The lowest BCUT2D eigenvalue weighted by atomic mass is 10.0. The third-order valence-electron chi connectivity index (χ3n) is 1.71. The van der Waals surface area contributed by atoms with Gasteiger partial charge in [0.25, 0.3) is 0 Å². The van der Waals surface area contributed by atoms with Crippen LogP contribution in [0.25, 0.3) is 0 Å². The van der Waals surface area contributed by atoms with E-state index in [1.165, 1.54) is 25.7 Å². The lowest BCUT2D eigenvalue weighted by Gasteiger charge is -2.06. The van der Waals surface area contributed by atoms with E-state index in [4.69, 9.17) is 15.2 Å². The summed E-state index contributed by atoms with van der Waals surface area (Å²) in [6.07, 6.45) is 5.23. The Morgan fingerprint density at radius 1 is 1.50 bits per heavy atom. The summed E-state index contributed by atoms with van der Waals surface area (Å²) in [5.74, 6) is 0.843. The number of hydrogen-bond donors (Lipinski definition) is 2. The highest BCUT2D eigenvalue weighted by Gasteiger charge is 1.97. The molecule has 2 unspecified atom stereocenters. The van der Waals surface area contributed by atoms with Crippen LogP contribution in [0.1, 0.15) is 39.5 Å². The van der Waals surface area contributed by atoms with Crippen molar-refractivity contribution in [2.24, 2.45) is 11.7 Å². The number of nitrogens with two attached hydrogens (primary N) is 1. The normalized spacial score (nSPS) is 12.7.